The first kappa shape index (κ1) is 33.9. The highest BCUT2D eigenvalue weighted by atomic mass is 16.7. The molecule has 2 amide bonds. The lowest BCUT2D eigenvalue weighted by Crippen LogP contribution is -2.45. The van der Waals surface area contributed by atoms with Gasteiger partial charge in [0.2, 0.25) is 0 Å². The minimum absolute atomic E-state index is 0.0211. The zero-order valence-electron chi connectivity index (χ0n) is 31.1. The van der Waals surface area contributed by atoms with Crippen LogP contribution in [0.5, 0.6) is 0 Å². The quantitative estimate of drug-likeness (QED) is 0.137. The van der Waals surface area contributed by atoms with Gasteiger partial charge in [-0.15, -0.1) is 0 Å². The Hall–Kier alpha value is -4.94. The third-order valence-corrected chi connectivity index (χ3v) is 11.2. The summed E-state index contributed by atoms with van der Waals surface area (Å²) in [5.41, 5.74) is 5.42. The summed E-state index contributed by atoms with van der Waals surface area (Å²) in [5.74, 6) is 2.83. The molecule has 2 aliphatic carbocycles. The molecule has 276 valence electrons. The van der Waals surface area contributed by atoms with Gasteiger partial charge in [0.1, 0.15) is 17.2 Å². The molecule has 12 nitrogen and oxygen atoms in total. The van der Waals surface area contributed by atoms with E-state index in [1.165, 1.54) is 7.11 Å². The first-order chi connectivity index (χ1) is 25.4. The molecule has 0 radical (unpaired) electrons. The van der Waals surface area contributed by atoms with Crippen LogP contribution < -0.4 is 5.32 Å². The molecule has 2 aliphatic heterocycles. The van der Waals surface area contributed by atoms with Crippen LogP contribution in [-0.4, -0.2) is 73.1 Å². The summed E-state index contributed by atoms with van der Waals surface area (Å²) in [7, 11) is 1.36. The third-order valence-electron chi connectivity index (χ3n) is 11.2. The van der Waals surface area contributed by atoms with Gasteiger partial charge in [0.05, 0.1) is 35.9 Å². The highest BCUT2D eigenvalue weighted by Crippen LogP contribution is 2.54. The minimum Gasteiger partial charge on any atom is -0.453 e. The molecule has 4 heterocycles. The zero-order valence-corrected chi connectivity index (χ0v) is 31.1. The molecule has 53 heavy (non-hydrogen) atoms. The van der Waals surface area contributed by atoms with Crippen molar-refractivity contribution in [2.45, 2.75) is 96.3 Å². The molecule has 2 saturated heterocycles. The minimum atomic E-state index is -0.542. The number of hydroxylamine groups is 2. The second-order valence-electron chi connectivity index (χ2n) is 16.6. The summed E-state index contributed by atoms with van der Waals surface area (Å²) < 4.78 is 10.6. The molecule has 5 aromatic rings. The SMILES string of the molecule is COC(=O)N[C@H](ON1[C@@H]2C[C@@H]2C[C@H]1c1nc(-c2ccc3cc(-c4ccc5nc([C@@H]6C[C@H]7C[C@H]7N6C(=O)OC(C)(C)C)[nH]c5c4)ccc3c2)c[nH]1)C(C)C. The van der Waals surface area contributed by atoms with E-state index in [2.05, 4.69) is 69.9 Å². The number of carbonyl (C=O) groups is 2. The predicted molar refractivity (Wildman–Crippen MR) is 200 cm³/mol. The molecule has 2 saturated carbocycles. The number of hydrogen-bond acceptors (Lipinski definition) is 8. The largest absolute Gasteiger partial charge is 0.453 e. The van der Waals surface area contributed by atoms with Gasteiger partial charge in [-0.25, -0.2) is 19.6 Å². The Kier molecular flexibility index (Phi) is 8.04. The Bertz CT molecular complexity index is 2220. The monoisotopic (exact) mass is 717 g/mol. The molecule has 4 fully saturated rings. The molecule has 0 spiro atoms. The Morgan fingerprint density at radius 2 is 1.53 bits per heavy atom. The predicted octanol–water partition coefficient (Wildman–Crippen LogP) is 8.25. The summed E-state index contributed by atoms with van der Waals surface area (Å²) in [5, 5.41) is 7.12. The summed E-state index contributed by atoms with van der Waals surface area (Å²) in [6.45, 7) is 9.75. The van der Waals surface area contributed by atoms with Gasteiger partial charge in [-0.1, -0.05) is 44.2 Å². The summed E-state index contributed by atoms with van der Waals surface area (Å²) in [6, 6.07) is 19.7. The molecule has 7 atom stereocenters. The maximum atomic E-state index is 13.1. The number of piperidine rings is 2. The lowest BCUT2D eigenvalue weighted by atomic mass is 9.99. The Morgan fingerprint density at radius 1 is 0.849 bits per heavy atom. The Labute approximate surface area is 308 Å². The molecule has 3 aromatic carbocycles. The van der Waals surface area contributed by atoms with E-state index in [9.17, 15) is 9.59 Å². The fourth-order valence-electron chi connectivity index (χ4n) is 8.31. The van der Waals surface area contributed by atoms with Crippen molar-refractivity contribution in [1.82, 2.24) is 35.2 Å². The fourth-order valence-corrected chi connectivity index (χ4v) is 8.31. The van der Waals surface area contributed by atoms with Crippen LogP contribution in [0.1, 0.15) is 84.0 Å². The molecule has 12 heteroatoms. The smallest absolute Gasteiger partial charge is 0.411 e. The molecule has 4 aliphatic rings. The number of nitrogens with zero attached hydrogens (tertiary/aromatic N) is 4. The molecule has 9 rings (SSSR count). The number of hydrogen-bond donors (Lipinski definition) is 3. The second kappa shape index (κ2) is 12.6. The number of likely N-dealkylation sites (tertiary alicyclic amines) is 1. The van der Waals surface area contributed by atoms with Crippen LogP contribution in [0.3, 0.4) is 0 Å². The van der Waals surface area contributed by atoms with Gasteiger partial charge in [-0.3, -0.25) is 15.1 Å². The number of amides is 2. The van der Waals surface area contributed by atoms with Crippen LogP contribution in [0.2, 0.25) is 0 Å². The van der Waals surface area contributed by atoms with Crippen molar-refractivity contribution in [1.29, 1.82) is 0 Å². The van der Waals surface area contributed by atoms with Crippen molar-refractivity contribution in [3.8, 4) is 22.4 Å². The van der Waals surface area contributed by atoms with Gasteiger partial charge in [-0.05, 0) is 104 Å². The number of alkyl carbamates (subject to hydrolysis) is 1. The molecule has 3 N–H and O–H groups in total. The van der Waals surface area contributed by atoms with Gasteiger partial charge in [0.15, 0.2) is 6.23 Å². The van der Waals surface area contributed by atoms with E-state index in [1.54, 1.807) is 0 Å². The van der Waals surface area contributed by atoms with Gasteiger partial charge >= 0.3 is 12.2 Å². The first-order valence-electron chi connectivity index (χ1n) is 18.8. The van der Waals surface area contributed by atoms with E-state index >= 15 is 0 Å². The van der Waals surface area contributed by atoms with Crippen molar-refractivity contribution in [3.05, 3.63) is 72.4 Å². The topological polar surface area (TPSA) is 138 Å². The Morgan fingerprint density at radius 3 is 2.28 bits per heavy atom. The fraction of sp³-hybridized carbons (Fsp3) is 0.463. The van der Waals surface area contributed by atoms with Crippen LogP contribution >= 0.6 is 0 Å². The zero-order chi connectivity index (χ0) is 36.8. The third kappa shape index (κ3) is 6.41. The van der Waals surface area contributed by atoms with Crippen molar-refractivity contribution in [2.24, 2.45) is 17.8 Å². The summed E-state index contributed by atoms with van der Waals surface area (Å²) in [6.07, 6.45) is 4.70. The highest BCUT2D eigenvalue weighted by molar-refractivity contribution is 5.92. The van der Waals surface area contributed by atoms with Crippen LogP contribution in [0.4, 0.5) is 9.59 Å². The number of fused-ring (bicyclic) bond motifs is 4. The van der Waals surface area contributed by atoms with E-state index in [1.807, 2.05) is 50.8 Å². The average molecular weight is 718 g/mol. The maximum absolute atomic E-state index is 13.1. The highest BCUT2D eigenvalue weighted by Gasteiger charge is 2.57. The second-order valence-corrected chi connectivity index (χ2v) is 16.6. The van der Waals surface area contributed by atoms with Crippen molar-refractivity contribution in [2.75, 3.05) is 7.11 Å². The number of methoxy groups -OCH3 is 1. The molecular formula is C41H47N7O5. The number of nitrogens with one attached hydrogen (secondary N) is 3. The van der Waals surface area contributed by atoms with Crippen LogP contribution in [0.15, 0.2) is 60.8 Å². The number of imidazole rings is 2. The lowest BCUT2D eigenvalue weighted by Gasteiger charge is -2.31. The van der Waals surface area contributed by atoms with Gasteiger partial charge in [0.25, 0.3) is 0 Å². The molecular weight excluding hydrogens is 670 g/mol. The normalized spacial score (nSPS) is 25.5. The first-order valence-corrected chi connectivity index (χ1v) is 18.8. The van der Waals surface area contributed by atoms with E-state index in [4.69, 9.17) is 24.3 Å². The van der Waals surface area contributed by atoms with Crippen LogP contribution in [0, 0.1) is 17.8 Å². The van der Waals surface area contributed by atoms with Crippen molar-refractivity contribution < 1.29 is 23.9 Å². The standard InChI is InChI=1S/C41H47N7O5/c1-21(2)38(46-39(49)51-6)53-48-33-17-28(33)19-35(48)36-42-20-31(45-36)26-10-9-22-13-23(7-8-24(22)14-26)25-11-12-29-30(15-25)44-37(43-29)34-18-27-16-32(27)47(34)40(50)52-41(3,4)5/h7-15,20-21,27-28,32-35,38H,16-19H2,1-6H3,(H,42,45)(H,43,44)(H,46,49)/t27-,28-,32-,33-,34+,35+,38-/m1/s1. The summed E-state index contributed by atoms with van der Waals surface area (Å²) >= 11 is 0. The van der Waals surface area contributed by atoms with E-state index in [-0.39, 0.29) is 30.1 Å². The van der Waals surface area contributed by atoms with Gasteiger partial charge < -0.3 is 19.4 Å². The van der Waals surface area contributed by atoms with Crippen molar-refractivity contribution in [3.63, 3.8) is 0 Å². The molecule has 0 unspecified atom stereocenters. The van der Waals surface area contributed by atoms with Crippen LogP contribution in [0.25, 0.3) is 44.2 Å². The Balaban J connectivity index is 0.918. The number of aromatic nitrogens is 4. The number of H-pyrrole nitrogens is 2. The molecule has 0 bridgehead atoms. The number of ether oxygens (including phenoxy) is 2. The van der Waals surface area contributed by atoms with E-state index in [0.717, 1.165) is 81.5 Å². The number of carbonyl (C=O) groups excluding carboxylic acids is 2. The maximum Gasteiger partial charge on any atom is 0.411 e. The van der Waals surface area contributed by atoms with Crippen molar-refractivity contribution >= 4 is 34.0 Å². The lowest BCUT2D eigenvalue weighted by molar-refractivity contribution is -0.237. The van der Waals surface area contributed by atoms with E-state index in [0.29, 0.717) is 17.9 Å². The average Bonchev–Trinajstić information content (AvgIpc) is 3.77. The molecule has 2 aromatic heterocycles. The number of rotatable bonds is 8. The van der Waals surface area contributed by atoms with Gasteiger partial charge in [0, 0.05) is 29.8 Å². The van der Waals surface area contributed by atoms with Gasteiger partial charge in [-0.2, -0.15) is 5.06 Å². The number of aromatic amines is 2. The van der Waals surface area contributed by atoms with Crippen LogP contribution in [-0.2, 0) is 14.3 Å². The number of benzene rings is 3. The van der Waals surface area contributed by atoms with E-state index < -0.39 is 17.9 Å². The summed E-state index contributed by atoms with van der Waals surface area (Å²) in [4.78, 5) is 50.4.